The van der Waals surface area contributed by atoms with Crippen LogP contribution in [-0.2, 0) is 4.79 Å². The third kappa shape index (κ3) is 3.69. The Kier molecular flexibility index (Phi) is 4.80. The van der Waals surface area contributed by atoms with Gasteiger partial charge in [0.2, 0.25) is 5.91 Å². The molecule has 1 saturated heterocycles. The van der Waals surface area contributed by atoms with Crippen molar-refractivity contribution in [1.29, 1.82) is 0 Å². The molecule has 1 atom stereocenters. The average Bonchev–Trinajstić information content (AvgIpc) is 2.80. The smallest absolute Gasteiger partial charge is 0.238 e. The van der Waals surface area contributed by atoms with Gasteiger partial charge >= 0.3 is 0 Å². The van der Waals surface area contributed by atoms with E-state index < -0.39 is 0 Å². The molecule has 1 aliphatic heterocycles. The molecule has 1 aromatic carbocycles. The van der Waals surface area contributed by atoms with Crippen LogP contribution >= 0.6 is 11.6 Å². The molecule has 0 aromatic heterocycles. The molecular formula is C14H19ClN2O2. The lowest BCUT2D eigenvalue weighted by molar-refractivity contribution is -0.117. The number of aliphatic hydroxyl groups excluding tert-OH is 1. The molecule has 19 heavy (non-hydrogen) atoms. The van der Waals surface area contributed by atoms with Crippen LogP contribution in [0.3, 0.4) is 0 Å². The maximum Gasteiger partial charge on any atom is 0.238 e. The number of nitrogens with zero attached hydrogens (tertiary/aromatic N) is 1. The Labute approximate surface area is 118 Å². The highest BCUT2D eigenvalue weighted by Crippen LogP contribution is 2.23. The van der Waals surface area contributed by atoms with Gasteiger partial charge in [0.15, 0.2) is 0 Å². The van der Waals surface area contributed by atoms with Crippen LogP contribution in [0.2, 0.25) is 5.02 Å². The lowest BCUT2D eigenvalue weighted by atomic mass is 10.2. The molecule has 0 unspecified atom stereocenters. The van der Waals surface area contributed by atoms with E-state index in [-0.39, 0.29) is 18.6 Å². The van der Waals surface area contributed by atoms with Crippen molar-refractivity contribution in [2.75, 3.05) is 25.0 Å². The van der Waals surface area contributed by atoms with Gasteiger partial charge in [0.1, 0.15) is 0 Å². The predicted molar refractivity (Wildman–Crippen MR) is 76.5 cm³/mol. The first kappa shape index (κ1) is 14.3. The fraction of sp³-hybridized carbons (Fsp3) is 0.500. The minimum absolute atomic E-state index is 0.0916. The highest BCUT2D eigenvalue weighted by Gasteiger charge is 2.25. The Morgan fingerprint density at radius 1 is 1.58 bits per heavy atom. The monoisotopic (exact) mass is 282 g/mol. The maximum absolute atomic E-state index is 12.0. The van der Waals surface area contributed by atoms with Crippen LogP contribution in [0.25, 0.3) is 0 Å². The number of rotatable bonds is 4. The Morgan fingerprint density at radius 2 is 2.37 bits per heavy atom. The Morgan fingerprint density at radius 3 is 3.05 bits per heavy atom. The van der Waals surface area contributed by atoms with Crippen LogP contribution in [0.5, 0.6) is 0 Å². The van der Waals surface area contributed by atoms with Crippen molar-refractivity contribution < 1.29 is 9.90 Å². The molecule has 0 radical (unpaired) electrons. The third-order valence-corrected chi connectivity index (χ3v) is 3.77. The second-order valence-corrected chi connectivity index (χ2v) is 5.39. The first-order chi connectivity index (χ1) is 9.10. The molecule has 4 nitrogen and oxygen atoms in total. The number of aliphatic hydroxyl groups is 1. The molecule has 1 heterocycles. The number of carbonyl (C=O) groups is 1. The molecule has 0 bridgehead atoms. The minimum Gasteiger partial charge on any atom is -0.395 e. The van der Waals surface area contributed by atoms with E-state index in [1.807, 2.05) is 30.0 Å². The summed E-state index contributed by atoms with van der Waals surface area (Å²) < 4.78 is 0. The van der Waals surface area contributed by atoms with Crippen LogP contribution in [0.15, 0.2) is 18.2 Å². The molecule has 104 valence electrons. The molecule has 0 spiro atoms. The standard InChI is InChI=1S/C14H19ClN2O2/c1-10-4-5-13(12(15)7-10)16-14(19)8-17-6-2-3-11(17)9-18/h4-5,7,11,18H,2-3,6,8-9H2,1H3,(H,16,19)/t11-/m0/s1. The van der Waals surface area contributed by atoms with E-state index in [9.17, 15) is 9.90 Å². The second kappa shape index (κ2) is 6.37. The van der Waals surface area contributed by atoms with E-state index in [0.717, 1.165) is 24.9 Å². The number of carbonyl (C=O) groups excluding carboxylic acids is 1. The molecule has 1 amide bonds. The van der Waals surface area contributed by atoms with E-state index >= 15 is 0 Å². The zero-order chi connectivity index (χ0) is 13.8. The summed E-state index contributed by atoms with van der Waals surface area (Å²) in [6.45, 7) is 3.22. The van der Waals surface area contributed by atoms with Gasteiger partial charge in [-0.05, 0) is 44.0 Å². The Balaban J connectivity index is 1.94. The van der Waals surface area contributed by atoms with Gasteiger partial charge in [0.05, 0.1) is 23.9 Å². The third-order valence-electron chi connectivity index (χ3n) is 3.46. The number of hydrogen-bond acceptors (Lipinski definition) is 3. The van der Waals surface area contributed by atoms with Crippen LogP contribution in [-0.4, -0.2) is 41.7 Å². The van der Waals surface area contributed by atoms with Crippen molar-refractivity contribution in [3.63, 3.8) is 0 Å². The summed E-state index contributed by atoms with van der Waals surface area (Å²) in [6.07, 6.45) is 1.98. The van der Waals surface area contributed by atoms with Crippen molar-refractivity contribution in [2.45, 2.75) is 25.8 Å². The summed E-state index contributed by atoms with van der Waals surface area (Å²) in [5, 5.41) is 12.6. The Bertz CT molecular complexity index is 465. The van der Waals surface area contributed by atoms with E-state index in [4.69, 9.17) is 11.6 Å². The number of likely N-dealkylation sites (tertiary alicyclic amines) is 1. The van der Waals surface area contributed by atoms with E-state index in [0.29, 0.717) is 17.3 Å². The van der Waals surface area contributed by atoms with Crippen LogP contribution < -0.4 is 5.32 Å². The van der Waals surface area contributed by atoms with Gasteiger partial charge in [0.25, 0.3) is 0 Å². The van der Waals surface area contributed by atoms with Crippen molar-refractivity contribution >= 4 is 23.2 Å². The number of aryl methyl sites for hydroxylation is 1. The van der Waals surface area contributed by atoms with E-state index in [2.05, 4.69) is 5.32 Å². The number of hydrogen-bond donors (Lipinski definition) is 2. The number of benzene rings is 1. The topological polar surface area (TPSA) is 52.6 Å². The summed E-state index contributed by atoms with van der Waals surface area (Å²) in [6, 6.07) is 5.65. The molecular weight excluding hydrogens is 264 g/mol. The molecule has 0 saturated carbocycles. The van der Waals surface area contributed by atoms with Gasteiger partial charge in [-0.25, -0.2) is 0 Å². The number of halogens is 1. The molecule has 1 fully saturated rings. The highest BCUT2D eigenvalue weighted by molar-refractivity contribution is 6.33. The molecule has 1 aromatic rings. The maximum atomic E-state index is 12.0. The molecule has 0 aliphatic carbocycles. The summed E-state index contributed by atoms with van der Waals surface area (Å²) in [5.41, 5.74) is 1.69. The van der Waals surface area contributed by atoms with Crippen molar-refractivity contribution in [3.8, 4) is 0 Å². The van der Waals surface area contributed by atoms with E-state index in [1.165, 1.54) is 0 Å². The van der Waals surface area contributed by atoms with Crippen molar-refractivity contribution in [1.82, 2.24) is 4.90 Å². The van der Waals surface area contributed by atoms with Crippen LogP contribution in [0, 0.1) is 6.92 Å². The molecule has 5 heteroatoms. The number of nitrogens with one attached hydrogen (secondary N) is 1. The lowest BCUT2D eigenvalue weighted by Crippen LogP contribution is -2.38. The first-order valence-corrected chi connectivity index (χ1v) is 6.89. The van der Waals surface area contributed by atoms with E-state index in [1.54, 1.807) is 0 Å². The molecule has 1 aliphatic rings. The number of anilines is 1. The van der Waals surface area contributed by atoms with Gasteiger partial charge in [0, 0.05) is 6.04 Å². The van der Waals surface area contributed by atoms with Gasteiger partial charge in [-0.1, -0.05) is 17.7 Å². The summed E-state index contributed by atoms with van der Waals surface area (Å²) >= 11 is 6.08. The highest BCUT2D eigenvalue weighted by atomic mass is 35.5. The number of amides is 1. The summed E-state index contributed by atoms with van der Waals surface area (Å²) in [4.78, 5) is 14.0. The second-order valence-electron chi connectivity index (χ2n) is 4.98. The zero-order valence-electron chi connectivity index (χ0n) is 11.0. The normalized spacial score (nSPS) is 19.6. The van der Waals surface area contributed by atoms with Gasteiger partial charge in [-0.15, -0.1) is 0 Å². The predicted octanol–water partition coefficient (Wildman–Crippen LogP) is 2.04. The SMILES string of the molecule is Cc1ccc(NC(=O)CN2CCC[C@H]2CO)c(Cl)c1. The lowest BCUT2D eigenvalue weighted by Gasteiger charge is -2.21. The van der Waals surface area contributed by atoms with Gasteiger partial charge in [-0.2, -0.15) is 0 Å². The largest absolute Gasteiger partial charge is 0.395 e. The summed E-state index contributed by atoms with van der Waals surface area (Å²) in [5.74, 6) is -0.0916. The molecule has 2 rings (SSSR count). The average molecular weight is 283 g/mol. The fourth-order valence-corrected chi connectivity index (χ4v) is 2.69. The minimum atomic E-state index is -0.0916. The first-order valence-electron chi connectivity index (χ1n) is 6.51. The van der Waals surface area contributed by atoms with Gasteiger partial charge < -0.3 is 10.4 Å². The van der Waals surface area contributed by atoms with Gasteiger partial charge in [-0.3, -0.25) is 9.69 Å². The van der Waals surface area contributed by atoms with Crippen LogP contribution in [0.4, 0.5) is 5.69 Å². The Hall–Kier alpha value is -1.10. The quantitative estimate of drug-likeness (QED) is 0.889. The zero-order valence-corrected chi connectivity index (χ0v) is 11.8. The fourth-order valence-electron chi connectivity index (χ4n) is 2.41. The summed E-state index contributed by atoms with van der Waals surface area (Å²) in [7, 11) is 0. The van der Waals surface area contributed by atoms with Crippen molar-refractivity contribution in [3.05, 3.63) is 28.8 Å². The molecule has 2 N–H and O–H groups in total. The van der Waals surface area contributed by atoms with Crippen LogP contribution in [0.1, 0.15) is 18.4 Å². The van der Waals surface area contributed by atoms with Crippen molar-refractivity contribution in [2.24, 2.45) is 0 Å².